The molecule has 0 spiro atoms. The molecule has 0 radical (unpaired) electrons. The number of halogens is 2. The highest BCUT2D eigenvalue weighted by Crippen LogP contribution is 2.33. The van der Waals surface area contributed by atoms with Crippen molar-refractivity contribution in [3.63, 3.8) is 0 Å². The van der Waals surface area contributed by atoms with E-state index < -0.39 is 23.2 Å². The van der Waals surface area contributed by atoms with Crippen LogP contribution >= 0.6 is 0 Å². The van der Waals surface area contributed by atoms with E-state index in [9.17, 15) is 13.6 Å². The zero-order valence-electron chi connectivity index (χ0n) is 12.2. The second-order valence-electron chi connectivity index (χ2n) is 4.32. The topological polar surface area (TPSA) is 84.3 Å². The normalized spacial score (nSPS) is 9.91. The fourth-order valence-corrected chi connectivity index (χ4v) is 2.04. The van der Waals surface area contributed by atoms with E-state index in [2.05, 4.69) is 10.0 Å². The number of rotatable bonds is 5. The third-order valence-corrected chi connectivity index (χ3v) is 3.11. The SMILES string of the molecule is COc1cccc(C(=O)c2ccc(N=[N+]=[N-])c(F)c2OC)c1F. The molecule has 23 heavy (non-hydrogen) atoms. The minimum atomic E-state index is -1.00. The van der Waals surface area contributed by atoms with Crippen molar-refractivity contribution in [2.75, 3.05) is 14.2 Å². The first-order valence-corrected chi connectivity index (χ1v) is 6.34. The Labute approximate surface area is 129 Å². The first kappa shape index (κ1) is 16.3. The maximum atomic E-state index is 14.2. The van der Waals surface area contributed by atoms with Gasteiger partial charge in [0, 0.05) is 4.91 Å². The number of nitrogens with zero attached hydrogens (tertiary/aromatic N) is 3. The third-order valence-electron chi connectivity index (χ3n) is 3.11. The number of methoxy groups -OCH3 is 2. The Morgan fingerprint density at radius 2 is 1.83 bits per heavy atom. The van der Waals surface area contributed by atoms with Crippen molar-refractivity contribution >= 4 is 11.5 Å². The van der Waals surface area contributed by atoms with Crippen molar-refractivity contribution in [3.05, 3.63) is 63.5 Å². The number of azide groups is 1. The van der Waals surface area contributed by atoms with E-state index in [1.807, 2.05) is 0 Å². The number of ketones is 1. The van der Waals surface area contributed by atoms with E-state index in [1.54, 1.807) is 0 Å². The average molecular weight is 319 g/mol. The molecule has 2 aromatic rings. The van der Waals surface area contributed by atoms with Crippen LogP contribution in [-0.4, -0.2) is 20.0 Å². The lowest BCUT2D eigenvalue weighted by molar-refractivity contribution is 0.103. The van der Waals surface area contributed by atoms with Crippen LogP contribution in [-0.2, 0) is 0 Å². The minimum Gasteiger partial charge on any atom is -0.494 e. The Morgan fingerprint density at radius 1 is 1.09 bits per heavy atom. The van der Waals surface area contributed by atoms with Gasteiger partial charge >= 0.3 is 0 Å². The fourth-order valence-electron chi connectivity index (χ4n) is 2.04. The van der Waals surface area contributed by atoms with Gasteiger partial charge in [0.05, 0.1) is 31.0 Å². The fraction of sp³-hybridized carbons (Fsp3) is 0.133. The van der Waals surface area contributed by atoms with Gasteiger partial charge in [-0.2, -0.15) is 0 Å². The van der Waals surface area contributed by atoms with Gasteiger partial charge < -0.3 is 9.47 Å². The molecule has 2 aromatic carbocycles. The summed E-state index contributed by atoms with van der Waals surface area (Å²) in [4.78, 5) is 15.0. The lowest BCUT2D eigenvalue weighted by Gasteiger charge is -2.11. The predicted octanol–water partition coefficient (Wildman–Crippen LogP) is 4.15. The smallest absolute Gasteiger partial charge is 0.199 e. The summed E-state index contributed by atoms with van der Waals surface area (Å²) in [6, 6.07) is 6.36. The standard InChI is InChI=1S/C15H11F2N3O3/c1-22-11-5-3-4-8(12(11)16)14(21)9-6-7-10(19-20-18)13(17)15(9)23-2/h3-7H,1-2H3. The summed E-state index contributed by atoms with van der Waals surface area (Å²) in [5, 5.41) is 3.15. The lowest BCUT2D eigenvalue weighted by Crippen LogP contribution is -2.08. The second kappa shape index (κ2) is 6.76. The molecular weight excluding hydrogens is 308 g/mol. The molecule has 0 heterocycles. The second-order valence-corrected chi connectivity index (χ2v) is 4.32. The van der Waals surface area contributed by atoms with Crippen LogP contribution < -0.4 is 9.47 Å². The quantitative estimate of drug-likeness (QED) is 0.359. The molecule has 0 amide bonds. The molecule has 0 aliphatic carbocycles. The summed E-state index contributed by atoms with van der Waals surface area (Å²) in [5.74, 6) is -3.19. The van der Waals surface area contributed by atoms with Crippen molar-refractivity contribution in [3.8, 4) is 11.5 Å². The molecule has 0 N–H and O–H groups in total. The molecule has 0 atom stereocenters. The number of carbonyl (C=O) groups is 1. The summed E-state index contributed by atoms with van der Waals surface area (Å²) in [5.41, 5.74) is 7.56. The van der Waals surface area contributed by atoms with Crippen LogP contribution in [0.1, 0.15) is 15.9 Å². The average Bonchev–Trinajstić information content (AvgIpc) is 2.56. The van der Waals surface area contributed by atoms with Gasteiger partial charge in [0.1, 0.15) is 0 Å². The molecule has 2 rings (SSSR count). The zero-order valence-corrected chi connectivity index (χ0v) is 12.2. The Bertz CT molecular complexity index is 818. The highest BCUT2D eigenvalue weighted by atomic mass is 19.1. The molecule has 8 heteroatoms. The van der Waals surface area contributed by atoms with Gasteiger partial charge in [0.25, 0.3) is 0 Å². The summed E-state index contributed by atoms with van der Waals surface area (Å²) in [6.07, 6.45) is 0. The molecule has 0 aliphatic heterocycles. The largest absolute Gasteiger partial charge is 0.494 e. The molecule has 0 fully saturated rings. The summed E-state index contributed by atoms with van der Waals surface area (Å²) in [7, 11) is 2.42. The van der Waals surface area contributed by atoms with E-state index in [0.29, 0.717) is 0 Å². The van der Waals surface area contributed by atoms with Crippen LogP contribution in [0.3, 0.4) is 0 Å². The number of carbonyl (C=O) groups excluding carboxylic acids is 1. The Morgan fingerprint density at radius 3 is 2.43 bits per heavy atom. The molecule has 0 saturated heterocycles. The summed E-state index contributed by atoms with van der Waals surface area (Å²) < 4.78 is 38.1. The zero-order chi connectivity index (χ0) is 17.0. The van der Waals surface area contributed by atoms with Gasteiger partial charge in [-0.25, -0.2) is 8.78 Å². The molecular formula is C15H11F2N3O3. The van der Waals surface area contributed by atoms with Gasteiger partial charge in [0.2, 0.25) is 0 Å². The lowest BCUT2D eigenvalue weighted by atomic mass is 10.0. The van der Waals surface area contributed by atoms with E-state index in [-0.39, 0.29) is 22.6 Å². The maximum Gasteiger partial charge on any atom is 0.199 e. The van der Waals surface area contributed by atoms with Crippen LogP contribution in [0.25, 0.3) is 10.4 Å². The predicted molar refractivity (Wildman–Crippen MR) is 78.1 cm³/mol. The van der Waals surface area contributed by atoms with Gasteiger partial charge in [-0.1, -0.05) is 11.2 Å². The molecule has 0 unspecified atom stereocenters. The monoisotopic (exact) mass is 319 g/mol. The first-order valence-electron chi connectivity index (χ1n) is 6.34. The van der Waals surface area contributed by atoms with Crippen LogP contribution in [0.5, 0.6) is 11.5 Å². The van der Waals surface area contributed by atoms with Crippen molar-refractivity contribution in [1.29, 1.82) is 0 Å². The summed E-state index contributed by atoms with van der Waals surface area (Å²) in [6.45, 7) is 0. The molecule has 118 valence electrons. The van der Waals surface area contributed by atoms with Gasteiger partial charge in [0.15, 0.2) is 28.9 Å². The molecule has 0 bridgehead atoms. The molecule has 0 saturated carbocycles. The van der Waals surface area contributed by atoms with E-state index in [1.165, 1.54) is 31.4 Å². The van der Waals surface area contributed by atoms with Crippen molar-refractivity contribution < 1.29 is 23.0 Å². The van der Waals surface area contributed by atoms with E-state index in [4.69, 9.17) is 15.0 Å². The number of benzene rings is 2. The van der Waals surface area contributed by atoms with Crippen molar-refractivity contribution in [1.82, 2.24) is 0 Å². The molecule has 0 aromatic heterocycles. The van der Waals surface area contributed by atoms with E-state index >= 15 is 0 Å². The van der Waals surface area contributed by atoms with Crippen LogP contribution in [0.2, 0.25) is 0 Å². The Kier molecular flexibility index (Phi) is 4.78. The Hall–Kier alpha value is -3.12. The third kappa shape index (κ3) is 2.93. The maximum absolute atomic E-state index is 14.2. The first-order chi connectivity index (χ1) is 11.0. The van der Waals surface area contributed by atoms with Crippen LogP contribution in [0.15, 0.2) is 35.4 Å². The number of hydrogen-bond donors (Lipinski definition) is 0. The van der Waals surface area contributed by atoms with Gasteiger partial charge in [-0.3, -0.25) is 4.79 Å². The van der Waals surface area contributed by atoms with Crippen LogP contribution in [0, 0.1) is 11.6 Å². The highest BCUT2D eigenvalue weighted by molar-refractivity contribution is 6.11. The minimum absolute atomic E-state index is 0.110. The van der Waals surface area contributed by atoms with Crippen molar-refractivity contribution in [2.24, 2.45) is 5.11 Å². The number of ether oxygens (including phenoxy) is 2. The van der Waals surface area contributed by atoms with Gasteiger partial charge in [-0.15, -0.1) is 0 Å². The van der Waals surface area contributed by atoms with Gasteiger partial charge in [-0.05, 0) is 29.8 Å². The van der Waals surface area contributed by atoms with Crippen LogP contribution in [0.4, 0.5) is 14.5 Å². The molecule has 0 aliphatic rings. The Balaban J connectivity index is 2.60. The summed E-state index contributed by atoms with van der Waals surface area (Å²) >= 11 is 0. The molecule has 6 nitrogen and oxygen atoms in total. The van der Waals surface area contributed by atoms with Crippen molar-refractivity contribution in [2.45, 2.75) is 0 Å². The van der Waals surface area contributed by atoms with E-state index in [0.717, 1.165) is 13.2 Å². The highest BCUT2D eigenvalue weighted by Gasteiger charge is 2.23. The number of hydrogen-bond acceptors (Lipinski definition) is 4.